The summed E-state index contributed by atoms with van der Waals surface area (Å²) in [5, 5.41) is 5.86. The third-order valence-electron chi connectivity index (χ3n) is 4.58. The maximum atomic E-state index is 12.4. The Bertz CT molecular complexity index is 1320. The van der Waals surface area contributed by atoms with Gasteiger partial charge in [-0.25, -0.2) is 22.8 Å². The van der Waals surface area contributed by atoms with Crippen LogP contribution in [0.15, 0.2) is 89.0 Å². The average molecular weight is 501 g/mol. The lowest BCUT2D eigenvalue weighted by Crippen LogP contribution is -2.36. The fourth-order valence-electron chi connectivity index (χ4n) is 3.03. The molecular weight excluding hydrogens is 483 g/mol. The molecule has 2 aromatic carbocycles. The fraction of sp³-hybridized carbons (Fsp3) is 0.0455. The molecule has 8 nitrogen and oxygen atoms in total. The average Bonchev–Trinajstić information content (AvgIpc) is 3.23. The van der Waals surface area contributed by atoms with Gasteiger partial charge in [0.2, 0.25) is 5.96 Å². The highest BCUT2D eigenvalue weighted by Gasteiger charge is 2.15. The molecule has 11 heteroatoms. The zero-order chi connectivity index (χ0) is 23.4. The summed E-state index contributed by atoms with van der Waals surface area (Å²) in [7, 11) is -3.86. The van der Waals surface area contributed by atoms with Crippen molar-refractivity contribution in [2.24, 2.45) is 10.7 Å². The van der Waals surface area contributed by atoms with Gasteiger partial charge < -0.3 is 5.73 Å². The van der Waals surface area contributed by atoms with Crippen molar-refractivity contribution in [2.75, 3.05) is 0 Å². The second kappa shape index (κ2) is 9.62. The number of nitrogens with zero attached hydrogens (tertiary/aromatic N) is 4. The topological polar surface area (TPSA) is 115 Å². The zero-order valence-corrected chi connectivity index (χ0v) is 19.4. The van der Waals surface area contributed by atoms with Crippen molar-refractivity contribution >= 4 is 39.2 Å². The van der Waals surface area contributed by atoms with Crippen LogP contribution in [0.25, 0.3) is 16.9 Å². The van der Waals surface area contributed by atoms with Gasteiger partial charge in [-0.1, -0.05) is 35.3 Å². The normalized spacial score (nSPS) is 12.0. The minimum atomic E-state index is -3.86. The predicted molar refractivity (Wildman–Crippen MR) is 129 cm³/mol. The van der Waals surface area contributed by atoms with Gasteiger partial charge in [-0.2, -0.15) is 5.10 Å². The third kappa shape index (κ3) is 5.51. The molecular formula is C22H18Cl2N6O2S. The molecule has 3 N–H and O–H groups in total. The number of guanidine groups is 1. The molecule has 0 saturated carbocycles. The van der Waals surface area contributed by atoms with Gasteiger partial charge >= 0.3 is 0 Å². The van der Waals surface area contributed by atoms with Crippen molar-refractivity contribution in [1.82, 2.24) is 19.5 Å². The molecule has 0 aliphatic carbocycles. The largest absolute Gasteiger partial charge is 0.369 e. The maximum absolute atomic E-state index is 12.4. The molecule has 0 bridgehead atoms. The van der Waals surface area contributed by atoms with Crippen molar-refractivity contribution in [3.8, 4) is 16.9 Å². The summed E-state index contributed by atoms with van der Waals surface area (Å²) >= 11 is 12.1. The molecule has 0 spiro atoms. The van der Waals surface area contributed by atoms with E-state index >= 15 is 0 Å². The number of aliphatic imine (C=N–C) groups is 1. The second-order valence-electron chi connectivity index (χ2n) is 6.91. The quantitative estimate of drug-likeness (QED) is 0.306. The van der Waals surface area contributed by atoms with E-state index in [0.717, 1.165) is 16.9 Å². The number of nitrogens with two attached hydrogens (primary N) is 1. The van der Waals surface area contributed by atoms with Crippen LogP contribution in [0.5, 0.6) is 0 Å². The number of pyridine rings is 1. The highest BCUT2D eigenvalue weighted by atomic mass is 35.5. The monoisotopic (exact) mass is 500 g/mol. The molecule has 0 aliphatic heterocycles. The second-order valence-corrected chi connectivity index (χ2v) is 9.46. The summed E-state index contributed by atoms with van der Waals surface area (Å²) in [6, 6.07) is 19.2. The Labute approximate surface area is 200 Å². The molecule has 33 heavy (non-hydrogen) atoms. The van der Waals surface area contributed by atoms with Crippen LogP contribution >= 0.6 is 23.2 Å². The summed E-state index contributed by atoms with van der Waals surface area (Å²) in [5.41, 5.74) is 8.90. The summed E-state index contributed by atoms with van der Waals surface area (Å²) in [6.07, 6.45) is 2.76. The lowest BCUT2D eigenvalue weighted by atomic mass is 10.1. The Morgan fingerprint density at radius 1 is 0.970 bits per heavy atom. The summed E-state index contributed by atoms with van der Waals surface area (Å²) < 4.78 is 28.8. The Morgan fingerprint density at radius 2 is 1.58 bits per heavy atom. The Hall–Kier alpha value is -3.40. The van der Waals surface area contributed by atoms with E-state index in [4.69, 9.17) is 28.9 Å². The van der Waals surface area contributed by atoms with E-state index < -0.39 is 10.0 Å². The molecule has 2 heterocycles. The van der Waals surface area contributed by atoms with Gasteiger partial charge in [-0.05, 0) is 54.6 Å². The van der Waals surface area contributed by atoms with Crippen LogP contribution < -0.4 is 10.5 Å². The van der Waals surface area contributed by atoms with E-state index in [0.29, 0.717) is 15.7 Å². The number of rotatable bonds is 6. The number of halogens is 2. The molecule has 0 atom stereocenters. The van der Waals surface area contributed by atoms with E-state index in [1.54, 1.807) is 28.9 Å². The summed E-state index contributed by atoms with van der Waals surface area (Å²) in [5.74, 6) is -0.249. The van der Waals surface area contributed by atoms with Gasteiger partial charge in [0.1, 0.15) is 0 Å². The standard InChI is InChI=1S/C22H18Cl2N6O2S/c23-16-3-1-15(2-4-16)21-13-18(28-30(21)19-7-5-17(24)6-8-19)14-27-22(25)29-33(31,32)20-9-11-26-12-10-20/h1-13H,14H2,(H3,25,27,29). The summed E-state index contributed by atoms with van der Waals surface area (Å²) in [4.78, 5) is 7.99. The SMILES string of the molecule is NC(=NCc1cc(-c2ccc(Cl)cc2)n(-c2ccc(Cl)cc2)n1)NS(=O)(=O)c1ccncc1. The van der Waals surface area contributed by atoms with E-state index in [9.17, 15) is 8.42 Å². The van der Waals surface area contributed by atoms with Crippen molar-refractivity contribution in [3.63, 3.8) is 0 Å². The smallest absolute Gasteiger partial charge is 0.264 e. The van der Waals surface area contributed by atoms with Gasteiger partial charge in [0, 0.05) is 28.0 Å². The fourth-order valence-corrected chi connectivity index (χ4v) is 4.21. The molecule has 0 radical (unpaired) electrons. The molecule has 0 unspecified atom stereocenters. The number of benzene rings is 2. The molecule has 4 rings (SSSR count). The van der Waals surface area contributed by atoms with Crippen LogP contribution in [0.4, 0.5) is 0 Å². The highest BCUT2D eigenvalue weighted by molar-refractivity contribution is 7.90. The van der Waals surface area contributed by atoms with Gasteiger partial charge in [-0.15, -0.1) is 0 Å². The van der Waals surface area contributed by atoms with Crippen molar-refractivity contribution in [3.05, 3.63) is 94.9 Å². The van der Waals surface area contributed by atoms with E-state index in [2.05, 4.69) is 19.8 Å². The van der Waals surface area contributed by atoms with Gasteiger partial charge in [0.05, 0.1) is 28.5 Å². The molecule has 0 fully saturated rings. The molecule has 0 aliphatic rings. The number of hydrogen-bond donors (Lipinski definition) is 2. The van der Waals surface area contributed by atoms with Crippen molar-refractivity contribution in [2.45, 2.75) is 11.4 Å². The molecule has 168 valence electrons. The predicted octanol–water partition coefficient (Wildman–Crippen LogP) is 4.03. The number of sulfonamides is 1. The number of hydrogen-bond acceptors (Lipinski definition) is 5. The third-order valence-corrected chi connectivity index (χ3v) is 6.46. The maximum Gasteiger partial charge on any atom is 0.264 e. The molecule has 4 aromatic rings. The van der Waals surface area contributed by atoms with Crippen LogP contribution in [0, 0.1) is 0 Å². The first-order chi connectivity index (χ1) is 15.8. The number of nitrogens with one attached hydrogen (secondary N) is 1. The lowest BCUT2D eigenvalue weighted by Gasteiger charge is -2.08. The Balaban J connectivity index is 1.62. The first-order valence-electron chi connectivity index (χ1n) is 9.65. The highest BCUT2D eigenvalue weighted by Crippen LogP contribution is 2.26. The van der Waals surface area contributed by atoms with Crippen molar-refractivity contribution < 1.29 is 8.42 Å². The van der Waals surface area contributed by atoms with E-state index in [1.165, 1.54) is 24.5 Å². The first kappa shape index (κ1) is 22.8. The van der Waals surface area contributed by atoms with Crippen LogP contribution in [0.2, 0.25) is 10.0 Å². The van der Waals surface area contributed by atoms with Gasteiger partial charge in [0.15, 0.2) is 0 Å². The minimum Gasteiger partial charge on any atom is -0.369 e. The Kier molecular flexibility index (Phi) is 6.64. The summed E-state index contributed by atoms with van der Waals surface area (Å²) in [6.45, 7) is 0.0614. The van der Waals surface area contributed by atoms with Crippen LogP contribution in [0.3, 0.4) is 0 Å². The zero-order valence-electron chi connectivity index (χ0n) is 17.1. The molecule has 2 aromatic heterocycles. The van der Waals surface area contributed by atoms with Gasteiger partial charge in [-0.3, -0.25) is 4.98 Å². The van der Waals surface area contributed by atoms with Crippen LogP contribution in [-0.2, 0) is 16.6 Å². The van der Waals surface area contributed by atoms with E-state index in [1.807, 2.05) is 30.3 Å². The van der Waals surface area contributed by atoms with Crippen LogP contribution in [0.1, 0.15) is 5.69 Å². The van der Waals surface area contributed by atoms with Gasteiger partial charge in [0.25, 0.3) is 10.0 Å². The lowest BCUT2D eigenvalue weighted by molar-refractivity contribution is 0.592. The van der Waals surface area contributed by atoms with Crippen LogP contribution in [-0.4, -0.2) is 29.1 Å². The number of aromatic nitrogens is 3. The van der Waals surface area contributed by atoms with Crippen molar-refractivity contribution in [1.29, 1.82) is 0 Å². The minimum absolute atomic E-state index is 0.0349. The Morgan fingerprint density at radius 3 is 2.21 bits per heavy atom. The first-order valence-corrected chi connectivity index (χ1v) is 11.9. The molecule has 0 saturated heterocycles. The molecule has 0 amide bonds. The van der Waals surface area contributed by atoms with E-state index in [-0.39, 0.29) is 17.4 Å².